The van der Waals surface area contributed by atoms with Gasteiger partial charge >= 0.3 is 0 Å². The molecular weight excluding hydrogens is 454 g/mol. The predicted molar refractivity (Wildman–Crippen MR) is 144 cm³/mol. The van der Waals surface area contributed by atoms with Crippen LogP contribution in [0.1, 0.15) is 42.1 Å². The lowest BCUT2D eigenvalue weighted by Gasteiger charge is -2.33. The number of aromatic nitrogens is 2. The van der Waals surface area contributed by atoms with Crippen molar-refractivity contribution in [3.63, 3.8) is 0 Å². The molecule has 2 fully saturated rings. The van der Waals surface area contributed by atoms with E-state index in [1.807, 2.05) is 18.2 Å². The number of hydrogen-bond acceptors (Lipinski definition) is 7. The van der Waals surface area contributed by atoms with Crippen molar-refractivity contribution >= 4 is 29.3 Å². The van der Waals surface area contributed by atoms with Gasteiger partial charge in [-0.15, -0.1) is 0 Å². The molecule has 3 aromatic rings. The predicted octanol–water partition coefficient (Wildman–Crippen LogP) is 4.68. The van der Waals surface area contributed by atoms with Gasteiger partial charge in [-0.3, -0.25) is 0 Å². The Morgan fingerprint density at radius 1 is 1.25 bits per heavy atom. The Morgan fingerprint density at radius 2 is 2.06 bits per heavy atom. The first-order valence-electron chi connectivity index (χ1n) is 12.6. The monoisotopic (exact) mass is 489 g/mol. The van der Waals surface area contributed by atoms with Crippen LogP contribution in [0.5, 0.6) is 5.75 Å². The van der Waals surface area contributed by atoms with Gasteiger partial charge in [0, 0.05) is 66.4 Å². The molecule has 2 aromatic heterocycles. The van der Waals surface area contributed by atoms with Crippen molar-refractivity contribution in [2.75, 3.05) is 45.3 Å². The van der Waals surface area contributed by atoms with Crippen molar-refractivity contribution in [1.82, 2.24) is 19.9 Å². The highest BCUT2D eigenvalue weighted by Crippen LogP contribution is 2.36. The SMILES string of the molecule is C=N/C(=C\C(=N/COc1ccc2[nH]c(C)cc2c1C)N1CCN(C)CC1)Nc1cc(C2CCC2)no1. The minimum atomic E-state index is 0.201. The third-order valence-corrected chi connectivity index (χ3v) is 7.17. The fourth-order valence-corrected chi connectivity index (χ4v) is 4.68. The summed E-state index contributed by atoms with van der Waals surface area (Å²) in [5, 5.41) is 8.60. The zero-order valence-electron chi connectivity index (χ0n) is 21.4. The van der Waals surface area contributed by atoms with Crippen LogP contribution in [0.4, 0.5) is 5.88 Å². The van der Waals surface area contributed by atoms with Crippen LogP contribution in [0, 0.1) is 13.8 Å². The van der Waals surface area contributed by atoms with Crippen molar-refractivity contribution in [3.8, 4) is 5.75 Å². The number of aromatic amines is 1. The Labute approximate surface area is 211 Å². The first-order chi connectivity index (χ1) is 17.5. The van der Waals surface area contributed by atoms with E-state index >= 15 is 0 Å². The number of nitrogens with one attached hydrogen (secondary N) is 2. The molecule has 3 heterocycles. The van der Waals surface area contributed by atoms with Crippen molar-refractivity contribution in [2.45, 2.75) is 39.0 Å². The largest absolute Gasteiger partial charge is 0.471 e. The molecule has 1 saturated carbocycles. The normalized spacial score (nSPS) is 17.9. The highest BCUT2D eigenvalue weighted by molar-refractivity contribution is 5.94. The molecule has 0 spiro atoms. The molecule has 1 saturated heterocycles. The van der Waals surface area contributed by atoms with Gasteiger partial charge in [0.2, 0.25) is 5.88 Å². The second-order valence-electron chi connectivity index (χ2n) is 9.74. The molecule has 5 rings (SSSR count). The number of likely N-dealkylation sites (N-methyl/N-ethyl adjacent to an activating group) is 1. The lowest BCUT2D eigenvalue weighted by atomic mass is 9.83. The van der Waals surface area contributed by atoms with Crippen LogP contribution in [-0.2, 0) is 0 Å². The number of fused-ring (bicyclic) bond motifs is 1. The van der Waals surface area contributed by atoms with E-state index in [9.17, 15) is 0 Å². The van der Waals surface area contributed by atoms with Crippen molar-refractivity contribution < 1.29 is 9.26 Å². The molecule has 1 aliphatic carbocycles. The number of H-pyrrole nitrogens is 1. The zero-order valence-corrected chi connectivity index (χ0v) is 21.4. The van der Waals surface area contributed by atoms with Gasteiger partial charge in [0.05, 0.1) is 5.69 Å². The van der Waals surface area contributed by atoms with E-state index in [2.05, 4.69) is 70.0 Å². The molecule has 9 nitrogen and oxygen atoms in total. The summed E-state index contributed by atoms with van der Waals surface area (Å²) in [4.78, 5) is 16.9. The van der Waals surface area contributed by atoms with Crippen LogP contribution in [0.2, 0.25) is 0 Å². The Bertz CT molecular complexity index is 1280. The minimum Gasteiger partial charge on any atom is -0.471 e. The van der Waals surface area contributed by atoms with Crippen LogP contribution in [0.3, 0.4) is 0 Å². The fraction of sp³-hybridized carbons (Fsp3) is 0.444. The lowest BCUT2D eigenvalue weighted by molar-refractivity contribution is 0.214. The molecule has 9 heteroatoms. The molecule has 1 aliphatic heterocycles. The van der Waals surface area contributed by atoms with E-state index in [0.717, 1.165) is 60.2 Å². The van der Waals surface area contributed by atoms with E-state index in [1.54, 1.807) is 0 Å². The average molecular weight is 490 g/mol. The summed E-state index contributed by atoms with van der Waals surface area (Å²) >= 11 is 0. The summed E-state index contributed by atoms with van der Waals surface area (Å²) in [7, 11) is 2.14. The van der Waals surface area contributed by atoms with Crippen molar-refractivity contribution in [1.29, 1.82) is 0 Å². The molecule has 2 N–H and O–H groups in total. The van der Waals surface area contributed by atoms with Crippen molar-refractivity contribution in [3.05, 3.63) is 53.1 Å². The summed E-state index contributed by atoms with van der Waals surface area (Å²) < 4.78 is 11.6. The molecular formula is C27H35N7O2. The first-order valence-corrected chi connectivity index (χ1v) is 12.6. The third kappa shape index (κ3) is 5.31. The molecule has 0 bridgehead atoms. The fourth-order valence-electron chi connectivity index (χ4n) is 4.68. The molecule has 0 amide bonds. The maximum atomic E-state index is 6.12. The summed E-state index contributed by atoms with van der Waals surface area (Å²) in [6.07, 6.45) is 5.50. The standard InChI is InChI=1S/C27H35N7O2/c1-18-14-21-19(2)24(9-8-22(21)30-18)35-17-29-26(34-12-10-33(4)11-13-34)16-25(28-3)31-27-15-23(32-36-27)20-6-5-7-20/h8-9,14-16,20,30-31H,3,5-7,10-13,17H2,1-2,4H3/b25-16+,29-26+. The van der Waals surface area contributed by atoms with E-state index in [0.29, 0.717) is 17.6 Å². The molecule has 0 unspecified atom stereocenters. The van der Waals surface area contributed by atoms with Gasteiger partial charge < -0.3 is 29.4 Å². The summed E-state index contributed by atoms with van der Waals surface area (Å²) in [5.41, 5.74) is 4.35. The highest BCUT2D eigenvalue weighted by Gasteiger charge is 2.23. The summed E-state index contributed by atoms with van der Waals surface area (Å²) in [5.74, 6) is 3.26. The van der Waals surface area contributed by atoms with Gasteiger partial charge in [-0.05, 0) is 58.7 Å². The number of amidine groups is 1. The third-order valence-electron chi connectivity index (χ3n) is 7.17. The number of hydrogen-bond donors (Lipinski definition) is 2. The number of aryl methyl sites for hydroxylation is 2. The maximum Gasteiger partial charge on any atom is 0.230 e. The second-order valence-corrected chi connectivity index (χ2v) is 9.74. The minimum absolute atomic E-state index is 0.201. The lowest BCUT2D eigenvalue weighted by Crippen LogP contribution is -2.47. The van der Waals surface area contributed by atoms with Gasteiger partial charge in [-0.1, -0.05) is 11.6 Å². The molecule has 0 atom stereocenters. The van der Waals surface area contributed by atoms with Crippen molar-refractivity contribution in [2.24, 2.45) is 9.98 Å². The van der Waals surface area contributed by atoms with E-state index < -0.39 is 0 Å². The average Bonchev–Trinajstić information content (AvgIpc) is 3.45. The zero-order chi connectivity index (χ0) is 25.1. The molecule has 190 valence electrons. The summed E-state index contributed by atoms with van der Waals surface area (Å²) in [6, 6.07) is 8.15. The van der Waals surface area contributed by atoms with Gasteiger partial charge in [-0.25, -0.2) is 9.98 Å². The van der Waals surface area contributed by atoms with Crippen LogP contribution < -0.4 is 10.1 Å². The summed E-state index contributed by atoms with van der Waals surface area (Å²) in [6.45, 7) is 11.8. The van der Waals surface area contributed by atoms with Crippen LogP contribution in [-0.4, -0.2) is 72.5 Å². The van der Waals surface area contributed by atoms with E-state index in [-0.39, 0.29) is 6.73 Å². The number of benzene rings is 1. The topological polar surface area (TPSA) is 94.3 Å². The van der Waals surface area contributed by atoms with Gasteiger partial charge in [0.25, 0.3) is 0 Å². The first kappa shape index (κ1) is 24.1. The smallest absolute Gasteiger partial charge is 0.230 e. The molecule has 1 aromatic carbocycles. The van der Waals surface area contributed by atoms with Gasteiger partial charge in [0.15, 0.2) is 6.73 Å². The molecule has 0 radical (unpaired) electrons. The maximum absolute atomic E-state index is 6.12. The highest BCUT2D eigenvalue weighted by atomic mass is 16.5. The second kappa shape index (κ2) is 10.6. The molecule has 2 aliphatic rings. The Morgan fingerprint density at radius 3 is 2.78 bits per heavy atom. The number of rotatable bonds is 8. The Kier molecular flexibility index (Phi) is 7.09. The van der Waals surface area contributed by atoms with Crippen LogP contribution >= 0.6 is 0 Å². The molecule has 36 heavy (non-hydrogen) atoms. The quantitative estimate of drug-likeness (QED) is 0.353. The number of anilines is 1. The number of ether oxygens (including phenoxy) is 1. The van der Waals surface area contributed by atoms with E-state index in [4.69, 9.17) is 14.3 Å². The number of piperazine rings is 1. The van der Waals surface area contributed by atoms with Crippen LogP contribution in [0.25, 0.3) is 10.9 Å². The number of nitrogens with zero attached hydrogens (tertiary/aromatic N) is 5. The Balaban J connectivity index is 1.33. The van der Waals surface area contributed by atoms with Crippen LogP contribution in [0.15, 0.2) is 50.7 Å². The van der Waals surface area contributed by atoms with Gasteiger partial charge in [0.1, 0.15) is 17.4 Å². The van der Waals surface area contributed by atoms with Gasteiger partial charge in [-0.2, -0.15) is 0 Å². The number of aliphatic imine (C=N–C) groups is 2. The van der Waals surface area contributed by atoms with E-state index in [1.165, 1.54) is 24.6 Å². The Hall–Kier alpha value is -3.59.